The van der Waals surface area contributed by atoms with Crippen molar-refractivity contribution in [1.29, 1.82) is 0 Å². The minimum absolute atomic E-state index is 0.0478. The molecule has 1 aliphatic heterocycles. The van der Waals surface area contributed by atoms with E-state index in [2.05, 4.69) is 20.4 Å². The summed E-state index contributed by atoms with van der Waals surface area (Å²) in [5.74, 6) is 0.445. The van der Waals surface area contributed by atoms with Crippen LogP contribution in [0.2, 0.25) is 0 Å². The van der Waals surface area contributed by atoms with Crippen LogP contribution >= 0.6 is 0 Å². The summed E-state index contributed by atoms with van der Waals surface area (Å²) in [4.78, 5) is 17.7. The lowest BCUT2D eigenvalue weighted by Crippen LogP contribution is -2.39. The number of nitrogens with one attached hydrogen (secondary N) is 2. The summed E-state index contributed by atoms with van der Waals surface area (Å²) in [6, 6.07) is 5.94. The molecule has 1 saturated heterocycles. The first-order chi connectivity index (χ1) is 12.9. The molecule has 1 fully saturated rings. The number of alkyl halides is 3. The minimum Gasteiger partial charge on any atom is -0.405 e. The molecule has 0 atom stereocenters. The lowest BCUT2D eigenvalue weighted by atomic mass is 10.2. The number of likely N-dealkylation sites (tertiary alicyclic amines) is 1. The molecule has 0 aromatic heterocycles. The van der Waals surface area contributed by atoms with Crippen LogP contribution in [-0.2, 0) is 11.3 Å². The zero-order valence-electron chi connectivity index (χ0n) is 15.3. The van der Waals surface area contributed by atoms with Crippen molar-refractivity contribution >= 4 is 11.9 Å². The van der Waals surface area contributed by atoms with Gasteiger partial charge in [-0.25, -0.2) is 4.99 Å². The lowest BCUT2D eigenvalue weighted by molar-refractivity contribution is -0.274. The van der Waals surface area contributed by atoms with Crippen LogP contribution < -0.4 is 15.4 Å². The number of para-hydroxylation sites is 1. The van der Waals surface area contributed by atoms with E-state index in [0.717, 1.165) is 19.4 Å². The highest BCUT2D eigenvalue weighted by Gasteiger charge is 2.31. The molecule has 0 spiro atoms. The molecule has 1 heterocycles. The minimum atomic E-state index is -4.74. The quantitative estimate of drug-likeness (QED) is 0.410. The third kappa shape index (κ3) is 7.36. The van der Waals surface area contributed by atoms with Gasteiger partial charge in [0.1, 0.15) is 5.75 Å². The van der Waals surface area contributed by atoms with Crippen molar-refractivity contribution in [3.63, 3.8) is 0 Å². The molecular weight excluding hydrogens is 361 g/mol. The van der Waals surface area contributed by atoms with Gasteiger partial charge in [-0.3, -0.25) is 4.79 Å². The number of amides is 1. The van der Waals surface area contributed by atoms with Gasteiger partial charge < -0.3 is 20.3 Å². The second kappa shape index (κ2) is 10.0. The SMILES string of the molecule is CCNC(=NCc1ccccc1OC(F)(F)F)NCCCN1CCCC1=O. The molecule has 150 valence electrons. The largest absolute Gasteiger partial charge is 0.573 e. The molecule has 1 aromatic rings. The van der Waals surface area contributed by atoms with Gasteiger partial charge in [-0.15, -0.1) is 13.2 Å². The molecule has 9 heteroatoms. The Morgan fingerprint density at radius 3 is 2.74 bits per heavy atom. The standard InChI is InChI=1S/C18H25F3N4O2/c1-2-22-17(23-10-6-12-25-11-5-9-16(25)26)24-13-14-7-3-4-8-15(14)27-18(19,20)21/h3-4,7-8H,2,5-6,9-13H2,1H3,(H2,22,23,24). The number of benzene rings is 1. The summed E-state index contributed by atoms with van der Waals surface area (Å²) in [6.45, 7) is 4.68. The van der Waals surface area contributed by atoms with Gasteiger partial charge in [-0.2, -0.15) is 0 Å². The Hall–Kier alpha value is -2.45. The van der Waals surface area contributed by atoms with Crippen molar-refractivity contribution in [2.75, 3.05) is 26.2 Å². The number of hydrogen-bond acceptors (Lipinski definition) is 3. The molecule has 2 rings (SSSR count). The predicted molar refractivity (Wildman–Crippen MR) is 96.4 cm³/mol. The highest BCUT2D eigenvalue weighted by molar-refractivity contribution is 5.80. The predicted octanol–water partition coefficient (Wildman–Crippen LogP) is 2.65. The summed E-state index contributed by atoms with van der Waals surface area (Å²) in [5, 5.41) is 6.19. The zero-order valence-corrected chi connectivity index (χ0v) is 15.3. The molecule has 0 aliphatic carbocycles. The average molecular weight is 386 g/mol. The summed E-state index contributed by atoms with van der Waals surface area (Å²) >= 11 is 0. The van der Waals surface area contributed by atoms with Crippen molar-refractivity contribution in [2.24, 2.45) is 4.99 Å². The Bertz CT molecular complexity index is 650. The van der Waals surface area contributed by atoms with E-state index in [0.29, 0.717) is 37.6 Å². The van der Waals surface area contributed by atoms with Crippen LogP contribution in [0.15, 0.2) is 29.3 Å². The molecule has 0 saturated carbocycles. The van der Waals surface area contributed by atoms with E-state index in [1.54, 1.807) is 12.1 Å². The van der Waals surface area contributed by atoms with Gasteiger partial charge in [0.25, 0.3) is 0 Å². The van der Waals surface area contributed by atoms with Gasteiger partial charge in [0.05, 0.1) is 6.54 Å². The van der Waals surface area contributed by atoms with E-state index >= 15 is 0 Å². The molecule has 1 aliphatic rings. The van der Waals surface area contributed by atoms with E-state index in [1.807, 2.05) is 11.8 Å². The fraction of sp³-hybridized carbons (Fsp3) is 0.556. The normalized spacial score (nSPS) is 15.2. The topological polar surface area (TPSA) is 66.0 Å². The van der Waals surface area contributed by atoms with Gasteiger partial charge >= 0.3 is 6.36 Å². The number of carbonyl (C=O) groups is 1. The number of aliphatic imine (C=N–C) groups is 1. The number of carbonyl (C=O) groups excluding carboxylic acids is 1. The number of hydrogen-bond donors (Lipinski definition) is 2. The van der Waals surface area contributed by atoms with Crippen LogP contribution in [0.25, 0.3) is 0 Å². The second-order valence-corrected chi connectivity index (χ2v) is 6.12. The Balaban J connectivity index is 1.88. The number of halogens is 3. The van der Waals surface area contributed by atoms with Crippen LogP contribution in [0, 0.1) is 0 Å². The van der Waals surface area contributed by atoms with E-state index in [1.165, 1.54) is 12.1 Å². The average Bonchev–Trinajstić information content (AvgIpc) is 3.01. The molecule has 0 unspecified atom stereocenters. The third-order valence-corrected chi connectivity index (χ3v) is 4.02. The molecular formula is C18H25F3N4O2. The van der Waals surface area contributed by atoms with Crippen LogP contribution in [0.5, 0.6) is 5.75 Å². The number of nitrogens with zero attached hydrogens (tertiary/aromatic N) is 2. The summed E-state index contributed by atoms with van der Waals surface area (Å²) in [6.07, 6.45) is -2.44. The first kappa shape index (κ1) is 20.9. The maximum absolute atomic E-state index is 12.5. The first-order valence-electron chi connectivity index (χ1n) is 9.02. The third-order valence-electron chi connectivity index (χ3n) is 4.02. The van der Waals surface area contributed by atoms with Crippen molar-refractivity contribution in [3.05, 3.63) is 29.8 Å². The second-order valence-electron chi connectivity index (χ2n) is 6.12. The molecule has 27 heavy (non-hydrogen) atoms. The van der Waals surface area contributed by atoms with Crippen molar-refractivity contribution < 1.29 is 22.7 Å². The van der Waals surface area contributed by atoms with Crippen LogP contribution in [0.1, 0.15) is 31.7 Å². The zero-order chi connectivity index (χ0) is 19.7. The highest BCUT2D eigenvalue weighted by Crippen LogP contribution is 2.26. The molecule has 0 bridgehead atoms. The van der Waals surface area contributed by atoms with Gasteiger partial charge in [-0.05, 0) is 25.8 Å². The van der Waals surface area contributed by atoms with E-state index in [-0.39, 0.29) is 18.2 Å². The van der Waals surface area contributed by atoms with Gasteiger partial charge in [-0.1, -0.05) is 18.2 Å². The highest BCUT2D eigenvalue weighted by atomic mass is 19.4. The number of guanidine groups is 1. The Labute approximate surface area is 156 Å². The number of rotatable bonds is 8. The molecule has 1 aromatic carbocycles. The van der Waals surface area contributed by atoms with Crippen molar-refractivity contribution in [3.8, 4) is 5.75 Å². The maximum atomic E-state index is 12.5. The maximum Gasteiger partial charge on any atom is 0.573 e. The van der Waals surface area contributed by atoms with Gasteiger partial charge in [0.2, 0.25) is 5.91 Å². The van der Waals surface area contributed by atoms with Crippen LogP contribution in [-0.4, -0.2) is 49.3 Å². The monoisotopic (exact) mass is 386 g/mol. The smallest absolute Gasteiger partial charge is 0.405 e. The van der Waals surface area contributed by atoms with Crippen LogP contribution in [0.3, 0.4) is 0 Å². The van der Waals surface area contributed by atoms with Crippen LogP contribution in [0.4, 0.5) is 13.2 Å². The first-order valence-corrected chi connectivity index (χ1v) is 9.02. The molecule has 1 amide bonds. The lowest BCUT2D eigenvalue weighted by Gasteiger charge is -2.16. The summed E-state index contributed by atoms with van der Waals surface area (Å²) < 4.78 is 41.5. The summed E-state index contributed by atoms with van der Waals surface area (Å²) in [7, 11) is 0. The van der Waals surface area contributed by atoms with Crippen molar-refractivity contribution in [1.82, 2.24) is 15.5 Å². The Morgan fingerprint density at radius 2 is 2.07 bits per heavy atom. The Morgan fingerprint density at radius 1 is 1.30 bits per heavy atom. The fourth-order valence-corrected chi connectivity index (χ4v) is 2.78. The van der Waals surface area contributed by atoms with Crippen molar-refractivity contribution in [2.45, 2.75) is 39.1 Å². The summed E-state index contributed by atoms with van der Waals surface area (Å²) in [5.41, 5.74) is 0.342. The molecule has 2 N–H and O–H groups in total. The Kier molecular flexibility index (Phi) is 7.75. The number of ether oxygens (including phenoxy) is 1. The van der Waals surface area contributed by atoms with Gasteiger partial charge in [0, 0.05) is 38.2 Å². The fourth-order valence-electron chi connectivity index (χ4n) is 2.78. The van der Waals surface area contributed by atoms with E-state index < -0.39 is 6.36 Å². The van der Waals surface area contributed by atoms with Gasteiger partial charge in [0.15, 0.2) is 5.96 Å². The van der Waals surface area contributed by atoms with E-state index in [4.69, 9.17) is 0 Å². The molecule has 6 nitrogen and oxygen atoms in total. The van der Waals surface area contributed by atoms with E-state index in [9.17, 15) is 18.0 Å². The molecule has 0 radical (unpaired) electrons.